The number of H-pyrrole nitrogens is 1. The molecule has 6 nitrogen and oxygen atoms in total. The van der Waals surface area contributed by atoms with Gasteiger partial charge in [-0.2, -0.15) is 0 Å². The van der Waals surface area contributed by atoms with Crippen molar-refractivity contribution in [3.05, 3.63) is 72.3 Å². The molecule has 6 heteroatoms. The Labute approximate surface area is 181 Å². The maximum Gasteiger partial charge on any atom is 0.255 e. The fraction of sp³-hybridized carbons (Fsp3) is 0.200. The second-order valence-electron chi connectivity index (χ2n) is 7.19. The molecule has 1 amide bonds. The van der Waals surface area contributed by atoms with Crippen molar-refractivity contribution < 1.29 is 9.53 Å². The Kier molecular flexibility index (Phi) is 5.89. The molecule has 0 spiro atoms. The first-order valence-electron chi connectivity index (χ1n) is 10.4. The summed E-state index contributed by atoms with van der Waals surface area (Å²) in [6.45, 7) is 5.85. The monoisotopic (exact) mass is 414 g/mol. The van der Waals surface area contributed by atoms with Gasteiger partial charge in [0.05, 0.1) is 29.5 Å². The van der Waals surface area contributed by atoms with Crippen LogP contribution in [-0.2, 0) is 0 Å². The first-order chi connectivity index (χ1) is 15.1. The SMILES string of the molecule is CCN(CC)c1cc2nc(-c3ccccc3)[nH]c2cc1NC(=O)c1ccc(OC)cc1. The van der Waals surface area contributed by atoms with Crippen LogP contribution in [0.2, 0.25) is 0 Å². The van der Waals surface area contributed by atoms with Gasteiger partial charge in [0, 0.05) is 24.2 Å². The first-order valence-corrected chi connectivity index (χ1v) is 10.4. The number of nitrogens with one attached hydrogen (secondary N) is 2. The van der Waals surface area contributed by atoms with E-state index in [-0.39, 0.29) is 5.91 Å². The quantitative estimate of drug-likeness (QED) is 0.428. The Balaban J connectivity index is 1.74. The molecule has 0 bridgehead atoms. The van der Waals surface area contributed by atoms with Crippen LogP contribution in [-0.4, -0.2) is 36.1 Å². The third kappa shape index (κ3) is 4.23. The van der Waals surface area contributed by atoms with Gasteiger partial charge in [-0.3, -0.25) is 4.79 Å². The lowest BCUT2D eigenvalue weighted by molar-refractivity contribution is 0.102. The van der Waals surface area contributed by atoms with E-state index in [0.717, 1.165) is 46.9 Å². The fourth-order valence-corrected chi connectivity index (χ4v) is 3.64. The van der Waals surface area contributed by atoms with Gasteiger partial charge >= 0.3 is 0 Å². The molecule has 0 aliphatic heterocycles. The number of fused-ring (bicyclic) bond motifs is 1. The zero-order valence-corrected chi connectivity index (χ0v) is 18.0. The van der Waals surface area contributed by atoms with Crippen molar-refractivity contribution in [1.82, 2.24) is 9.97 Å². The number of anilines is 2. The molecule has 0 unspecified atom stereocenters. The molecule has 31 heavy (non-hydrogen) atoms. The summed E-state index contributed by atoms with van der Waals surface area (Å²) in [6.07, 6.45) is 0. The maximum absolute atomic E-state index is 12.9. The third-order valence-electron chi connectivity index (χ3n) is 5.35. The highest BCUT2D eigenvalue weighted by molar-refractivity contribution is 6.07. The van der Waals surface area contributed by atoms with E-state index in [1.807, 2.05) is 42.5 Å². The summed E-state index contributed by atoms with van der Waals surface area (Å²) in [4.78, 5) is 23.3. The number of ether oxygens (including phenoxy) is 1. The minimum absolute atomic E-state index is 0.168. The second kappa shape index (κ2) is 8.92. The zero-order chi connectivity index (χ0) is 21.8. The number of carbonyl (C=O) groups is 1. The Morgan fingerprint density at radius 3 is 2.39 bits per heavy atom. The minimum atomic E-state index is -0.168. The Bertz CT molecular complexity index is 1180. The molecule has 0 saturated heterocycles. The van der Waals surface area contributed by atoms with E-state index in [0.29, 0.717) is 11.3 Å². The number of hydrogen-bond acceptors (Lipinski definition) is 4. The van der Waals surface area contributed by atoms with Crippen LogP contribution >= 0.6 is 0 Å². The van der Waals surface area contributed by atoms with Crippen LogP contribution in [0.3, 0.4) is 0 Å². The minimum Gasteiger partial charge on any atom is -0.497 e. The van der Waals surface area contributed by atoms with Crippen molar-refractivity contribution in [1.29, 1.82) is 0 Å². The highest BCUT2D eigenvalue weighted by atomic mass is 16.5. The van der Waals surface area contributed by atoms with E-state index < -0.39 is 0 Å². The van der Waals surface area contributed by atoms with E-state index in [1.165, 1.54) is 0 Å². The molecule has 0 radical (unpaired) electrons. The van der Waals surface area contributed by atoms with Crippen LogP contribution in [0.4, 0.5) is 11.4 Å². The smallest absolute Gasteiger partial charge is 0.255 e. The van der Waals surface area contributed by atoms with E-state index in [1.54, 1.807) is 31.4 Å². The highest BCUT2D eigenvalue weighted by Crippen LogP contribution is 2.32. The molecule has 2 N–H and O–H groups in total. The maximum atomic E-state index is 12.9. The molecule has 158 valence electrons. The predicted octanol–water partition coefficient (Wildman–Crippen LogP) is 5.34. The Hall–Kier alpha value is -3.80. The van der Waals surface area contributed by atoms with Gasteiger partial charge in [-0.25, -0.2) is 4.98 Å². The second-order valence-corrected chi connectivity index (χ2v) is 7.19. The van der Waals surface area contributed by atoms with Gasteiger partial charge in [-0.05, 0) is 50.2 Å². The normalized spacial score (nSPS) is 10.8. The lowest BCUT2D eigenvalue weighted by Crippen LogP contribution is -2.24. The number of aromatic amines is 1. The number of rotatable bonds is 7. The van der Waals surface area contributed by atoms with E-state index in [4.69, 9.17) is 9.72 Å². The van der Waals surface area contributed by atoms with Crippen molar-refractivity contribution in [3.63, 3.8) is 0 Å². The Morgan fingerprint density at radius 2 is 1.74 bits per heavy atom. The molecular formula is C25H26N4O2. The molecule has 0 aliphatic rings. The first kappa shape index (κ1) is 20.5. The van der Waals surface area contributed by atoms with E-state index >= 15 is 0 Å². The number of amides is 1. The number of nitrogens with zero attached hydrogens (tertiary/aromatic N) is 2. The average Bonchev–Trinajstić information content (AvgIpc) is 3.23. The molecular weight excluding hydrogens is 388 g/mol. The lowest BCUT2D eigenvalue weighted by Gasteiger charge is -2.24. The molecule has 4 aromatic rings. The number of aromatic nitrogens is 2. The number of imidazole rings is 1. The molecule has 0 atom stereocenters. The highest BCUT2D eigenvalue weighted by Gasteiger charge is 2.16. The standard InChI is InChI=1S/C25H26N4O2/c1-4-29(5-2)23-16-21-20(26-24(27-21)17-9-7-6-8-10-17)15-22(23)28-25(30)18-11-13-19(31-3)14-12-18/h6-16H,4-5H2,1-3H3,(H,26,27)(H,28,30). The van der Waals surface area contributed by atoms with Crippen molar-refractivity contribution in [3.8, 4) is 17.1 Å². The van der Waals surface area contributed by atoms with Crippen LogP contribution < -0.4 is 15.0 Å². The molecule has 3 aromatic carbocycles. The van der Waals surface area contributed by atoms with Crippen LogP contribution in [0.25, 0.3) is 22.4 Å². The average molecular weight is 415 g/mol. The summed E-state index contributed by atoms with van der Waals surface area (Å²) in [7, 11) is 1.61. The summed E-state index contributed by atoms with van der Waals surface area (Å²) >= 11 is 0. The molecule has 0 aliphatic carbocycles. The molecule has 1 aromatic heterocycles. The topological polar surface area (TPSA) is 70.2 Å². The molecule has 0 fully saturated rings. The van der Waals surface area contributed by atoms with Crippen LogP contribution in [0.5, 0.6) is 5.75 Å². The van der Waals surface area contributed by atoms with Crippen molar-refractivity contribution in [2.24, 2.45) is 0 Å². The number of hydrogen-bond donors (Lipinski definition) is 2. The summed E-state index contributed by atoms with van der Waals surface area (Å²) in [5.41, 5.74) is 5.03. The van der Waals surface area contributed by atoms with Gasteiger partial charge in [0.2, 0.25) is 0 Å². The molecule has 4 rings (SSSR count). The summed E-state index contributed by atoms with van der Waals surface area (Å²) in [6, 6.07) is 21.1. The Morgan fingerprint density at radius 1 is 1.03 bits per heavy atom. The van der Waals surface area contributed by atoms with E-state index in [9.17, 15) is 4.79 Å². The fourth-order valence-electron chi connectivity index (χ4n) is 3.64. The molecule has 0 saturated carbocycles. The van der Waals surface area contributed by atoms with E-state index in [2.05, 4.69) is 29.0 Å². The van der Waals surface area contributed by atoms with Gasteiger partial charge in [-0.15, -0.1) is 0 Å². The van der Waals surface area contributed by atoms with Gasteiger partial charge in [0.15, 0.2) is 0 Å². The largest absolute Gasteiger partial charge is 0.497 e. The van der Waals surface area contributed by atoms with Gasteiger partial charge < -0.3 is 19.9 Å². The number of benzene rings is 3. The molecule has 1 heterocycles. The van der Waals surface area contributed by atoms with Gasteiger partial charge in [0.25, 0.3) is 5.91 Å². The van der Waals surface area contributed by atoms with Crippen molar-refractivity contribution >= 4 is 28.3 Å². The van der Waals surface area contributed by atoms with Gasteiger partial charge in [0.1, 0.15) is 11.6 Å². The van der Waals surface area contributed by atoms with Crippen molar-refractivity contribution in [2.45, 2.75) is 13.8 Å². The number of carbonyl (C=O) groups excluding carboxylic acids is 1. The third-order valence-corrected chi connectivity index (χ3v) is 5.35. The summed E-state index contributed by atoms with van der Waals surface area (Å²) < 4.78 is 5.18. The summed E-state index contributed by atoms with van der Waals surface area (Å²) in [5.74, 6) is 1.35. The summed E-state index contributed by atoms with van der Waals surface area (Å²) in [5, 5.41) is 3.09. The van der Waals surface area contributed by atoms with Gasteiger partial charge in [-0.1, -0.05) is 30.3 Å². The predicted molar refractivity (Wildman–Crippen MR) is 126 cm³/mol. The van der Waals surface area contributed by atoms with Crippen LogP contribution in [0.15, 0.2) is 66.7 Å². The van der Waals surface area contributed by atoms with Crippen LogP contribution in [0, 0.1) is 0 Å². The number of methoxy groups -OCH3 is 1. The zero-order valence-electron chi connectivity index (χ0n) is 18.0. The lowest BCUT2D eigenvalue weighted by atomic mass is 10.1. The van der Waals surface area contributed by atoms with Crippen LogP contribution in [0.1, 0.15) is 24.2 Å². The van der Waals surface area contributed by atoms with Crippen molar-refractivity contribution in [2.75, 3.05) is 30.4 Å².